The first-order chi connectivity index (χ1) is 8.88. The van der Waals surface area contributed by atoms with Gasteiger partial charge in [0.15, 0.2) is 5.82 Å². The Hall–Kier alpha value is -2.13. The van der Waals surface area contributed by atoms with Gasteiger partial charge < -0.3 is 10.3 Å². The Labute approximate surface area is 106 Å². The molecular weight excluding hydrogens is 222 g/mol. The highest BCUT2D eigenvalue weighted by Crippen LogP contribution is 2.17. The molecule has 2 aromatic carbocycles. The second-order valence-electron chi connectivity index (χ2n) is 4.34. The maximum absolute atomic E-state index is 4.63. The minimum atomic E-state index is 0.710. The van der Waals surface area contributed by atoms with Crippen molar-refractivity contribution in [1.29, 1.82) is 0 Å². The lowest BCUT2D eigenvalue weighted by atomic mass is 10.2. The highest BCUT2D eigenvalue weighted by molar-refractivity contribution is 5.76. The summed E-state index contributed by atoms with van der Waals surface area (Å²) in [7, 11) is 0. The van der Waals surface area contributed by atoms with Crippen LogP contribution in [-0.2, 0) is 13.1 Å². The number of nitrogens with zero attached hydrogens (tertiary/aromatic N) is 2. The molecule has 3 aromatic rings. The number of hydrogen-bond acceptors (Lipinski definition) is 1. The lowest BCUT2D eigenvalue weighted by Crippen LogP contribution is -2.48. The molecule has 0 saturated carbocycles. The van der Waals surface area contributed by atoms with Crippen molar-refractivity contribution in [1.82, 2.24) is 9.55 Å². The van der Waals surface area contributed by atoms with Crippen LogP contribution in [0.3, 0.4) is 0 Å². The average Bonchev–Trinajstić information content (AvgIpc) is 2.78. The fourth-order valence-electron chi connectivity index (χ4n) is 2.26. The van der Waals surface area contributed by atoms with Crippen LogP contribution in [0, 0.1) is 0 Å². The summed E-state index contributed by atoms with van der Waals surface area (Å²) in [6.45, 7) is 1.56. The Kier molecular flexibility index (Phi) is 2.82. The van der Waals surface area contributed by atoms with Gasteiger partial charge in [-0.25, -0.2) is 4.98 Å². The van der Waals surface area contributed by atoms with Gasteiger partial charge in [0.1, 0.15) is 6.54 Å². The third-order valence-electron chi connectivity index (χ3n) is 3.14. The maximum atomic E-state index is 4.63. The highest BCUT2D eigenvalue weighted by Gasteiger charge is 2.10. The van der Waals surface area contributed by atoms with Crippen LogP contribution in [0.15, 0.2) is 54.6 Å². The van der Waals surface area contributed by atoms with E-state index < -0.39 is 0 Å². The number of para-hydroxylation sites is 2. The zero-order valence-electron chi connectivity index (χ0n) is 10.2. The molecule has 0 amide bonds. The summed E-state index contributed by atoms with van der Waals surface area (Å²) < 4.78 is 2.25. The topological polar surface area (TPSA) is 45.5 Å². The van der Waals surface area contributed by atoms with E-state index in [-0.39, 0.29) is 0 Å². The standard InChI is InChI=1S/C15H15N3/c16-10-15-17-13-8-4-5-9-14(13)18(15)11-12-6-2-1-3-7-12/h1-9H,10-11,16H2/p+1. The van der Waals surface area contributed by atoms with Crippen LogP contribution in [0.1, 0.15) is 11.4 Å². The Balaban J connectivity index is 2.10. The molecule has 3 N–H and O–H groups in total. The number of quaternary nitrogens is 1. The monoisotopic (exact) mass is 238 g/mol. The maximum Gasteiger partial charge on any atom is 0.165 e. The summed E-state index contributed by atoms with van der Waals surface area (Å²) in [5, 5.41) is 0. The van der Waals surface area contributed by atoms with Crippen LogP contribution in [0.5, 0.6) is 0 Å². The molecule has 0 atom stereocenters. The van der Waals surface area contributed by atoms with Crippen LogP contribution in [0.2, 0.25) is 0 Å². The molecule has 0 radical (unpaired) electrons. The molecule has 3 heteroatoms. The number of benzene rings is 2. The molecule has 0 saturated heterocycles. The van der Waals surface area contributed by atoms with Crippen LogP contribution < -0.4 is 5.73 Å². The zero-order valence-corrected chi connectivity index (χ0v) is 10.2. The molecule has 0 fully saturated rings. The van der Waals surface area contributed by atoms with E-state index in [0.29, 0.717) is 6.54 Å². The van der Waals surface area contributed by atoms with Crippen molar-refractivity contribution in [2.45, 2.75) is 13.1 Å². The molecular formula is C15H16N3+. The first-order valence-electron chi connectivity index (χ1n) is 6.16. The predicted octanol–water partition coefficient (Wildman–Crippen LogP) is 1.83. The molecule has 0 aliphatic heterocycles. The van der Waals surface area contributed by atoms with Crippen LogP contribution in [-0.4, -0.2) is 9.55 Å². The molecule has 1 aromatic heterocycles. The fraction of sp³-hybridized carbons (Fsp3) is 0.133. The molecule has 3 rings (SSSR count). The lowest BCUT2D eigenvalue weighted by molar-refractivity contribution is -0.388. The normalized spacial score (nSPS) is 10.9. The van der Waals surface area contributed by atoms with Crippen molar-refractivity contribution in [3.8, 4) is 0 Å². The molecule has 0 spiro atoms. The smallest absolute Gasteiger partial charge is 0.165 e. The summed E-state index contributed by atoms with van der Waals surface area (Å²) in [5.41, 5.74) is 7.49. The van der Waals surface area contributed by atoms with Crippen LogP contribution in [0.4, 0.5) is 0 Å². The number of aromatic nitrogens is 2. The summed E-state index contributed by atoms with van der Waals surface area (Å²) >= 11 is 0. The minimum absolute atomic E-state index is 0.710. The fourth-order valence-corrected chi connectivity index (χ4v) is 2.26. The van der Waals surface area contributed by atoms with Crippen molar-refractivity contribution in [3.63, 3.8) is 0 Å². The Morgan fingerprint density at radius 2 is 1.67 bits per heavy atom. The van der Waals surface area contributed by atoms with Crippen LogP contribution >= 0.6 is 0 Å². The molecule has 0 aliphatic rings. The largest absolute Gasteiger partial charge is 0.351 e. The van der Waals surface area contributed by atoms with Crippen molar-refractivity contribution in [2.24, 2.45) is 0 Å². The van der Waals surface area contributed by atoms with Gasteiger partial charge in [0.25, 0.3) is 0 Å². The number of fused-ring (bicyclic) bond motifs is 1. The zero-order chi connectivity index (χ0) is 12.4. The lowest BCUT2D eigenvalue weighted by Gasteiger charge is -2.07. The van der Waals surface area contributed by atoms with E-state index in [2.05, 4.69) is 57.7 Å². The van der Waals surface area contributed by atoms with E-state index in [1.807, 2.05) is 12.1 Å². The van der Waals surface area contributed by atoms with E-state index in [4.69, 9.17) is 0 Å². The molecule has 0 unspecified atom stereocenters. The highest BCUT2D eigenvalue weighted by atomic mass is 15.1. The summed E-state index contributed by atoms with van der Waals surface area (Å²) in [6, 6.07) is 18.7. The Morgan fingerprint density at radius 1 is 0.944 bits per heavy atom. The van der Waals surface area contributed by atoms with Gasteiger partial charge in [0.05, 0.1) is 11.0 Å². The van der Waals surface area contributed by atoms with Gasteiger partial charge in [0.2, 0.25) is 0 Å². The molecule has 0 bridgehead atoms. The molecule has 0 aliphatic carbocycles. The van der Waals surface area contributed by atoms with Gasteiger partial charge in [0, 0.05) is 6.54 Å². The van der Waals surface area contributed by atoms with E-state index in [9.17, 15) is 0 Å². The molecule has 1 heterocycles. The summed E-state index contributed by atoms with van der Waals surface area (Å²) in [6.07, 6.45) is 0. The summed E-state index contributed by atoms with van der Waals surface area (Å²) in [5.74, 6) is 1.04. The van der Waals surface area contributed by atoms with Gasteiger partial charge >= 0.3 is 0 Å². The second kappa shape index (κ2) is 4.63. The van der Waals surface area contributed by atoms with E-state index in [1.165, 1.54) is 11.1 Å². The first-order valence-corrected chi connectivity index (χ1v) is 6.16. The third kappa shape index (κ3) is 1.89. The minimum Gasteiger partial charge on any atom is -0.351 e. The van der Waals surface area contributed by atoms with Gasteiger partial charge in [-0.2, -0.15) is 0 Å². The Bertz CT molecular complexity index is 656. The average molecular weight is 238 g/mol. The predicted molar refractivity (Wildman–Crippen MR) is 71.9 cm³/mol. The van der Waals surface area contributed by atoms with Gasteiger partial charge in [-0.15, -0.1) is 0 Å². The van der Waals surface area contributed by atoms with Crippen molar-refractivity contribution in [2.75, 3.05) is 0 Å². The quantitative estimate of drug-likeness (QED) is 0.743. The van der Waals surface area contributed by atoms with Crippen molar-refractivity contribution >= 4 is 11.0 Å². The summed E-state index contributed by atoms with van der Waals surface area (Å²) in [4.78, 5) is 4.63. The van der Waals surface area contributed by atoms with Crippen molar-refractivity contribution < 1.29 is 5.73 Å². The van der Waals surface area contributed by atoms with Gasteiger partial charge in [-0.3, -0.25) is 0 Å². The number of imidazole rings is 1. The molecule has 3 nitrogen and oxygen atoms in total. The molecule has 90 valence electrons. The SMILES string of the molecule is [NH3+]Cc1nc2ccccc2n1Cc1ccccc1. The number of rotatable bonds is 3. The van der Waals surface area contributed by atoms with Crippen LogP contribution in [0.25, 0.3) is 11.0 Å². The van der Waals surface area contributed by atoms with E-state index in [1.54, 1.807) is 0 Å². The van der Waals surface area contributed by atoms with E-state index in [0.717, 1.165) is 17.9 Å². The first kappa shape index (κ1) is 11.0. The Morgan fingerprint density at radius 3 is 2.44 bits per heavy atom. The third-order valence-corrected chi connectivity index (χ3v) is 3.14. The van der Waals surface area contributed by atoms with Gasteiger partial charge in [-0.05, 0) is 17.7 Å². The molecule has 18 heavy (non-hydrogen) atoms. The van der Waals surface area contributed by atoms with E-state index >= 15 is 0 Å². The number of hydrogen-bond donors (Lipinski definition) is 1. The van der Waals surface area contributed by atoms with Crippen molar-refractivity contribution in [3.05, 3.63) is 66.0 Å². The van der Waals surface area contributed by atoms with Gasteiger partial charge in [-0.1, -0.05) is 42.5 Å². The second-order valence-corrected chi connectivity index (χ2v) is 4.34.